The van der Waals surface area contributed by atoms with Gasteiger partial charge in [-0.25, -0.2) is 4.98 Å². The van der Waals surface area contributed by atoms with Crippen molar-refractivity contribution in [2.24, 2.45) is 0 Å². The molecule has 0 radical (unpaired) electrons. The van der Waals surface area contributed by atoms with E-state index in [9.17, 15) is 4.79 Å². The topological polar surface area (TPSA) is 45.8 Å². The second-order valence-corrected chi connectivity index (χ2v) is 7.61. The zero-order chi connectivity index (χ0) is 16.5. The summed E-state index contributed by atoms with van der Waals surface area (Å²) in [6.45, 7) is 2.07. The number of hydrogen-bond donors (Lipinski definition) is 1. The van der Waals surface area contributed by atoms with E-state index in [1.165, 1.54) is 16.2 Å². The second-order valence-electron chi connectivity index (χ2n) is 5.43. The number of H-pyrrole nitrogens is 1. The molecule has 0 amide bonds. The summed E-state index contributed by atoms with van der Waals surface area (Å²) in [5.74, 6) is 0.583. The molecule has 118 valence electrons. The molecule has 3 aromatic heterocycles. The van der Waals surface area contributed by atoms with E-state index in [4.69, 9.17) is 0 Å². The number of hydrogen-bond acceptors (Lipinski definition) is 4. The molecule has 1 N–H and O–H groups in total. The van der Waals surface area contributed by atoms with Crippen LogP contribution in [-0.2, 0) is 0 Å². The van der Waals surface area contributed by atoms with Crippen LogP contribution in [-0.4, -0.2) is 9.97 Å². The molecule has 3 nitrogen and oxygen atoms in total. The van der Waals surface area contributed by atoms with E-state index < -0.39 is 0 Å². The fourth-order valence-corrected chi connectivity index (χ4v) is 4.31. The Hall–Kier alpha value is -2.50. The number of aromatic amines is 1. The minimum absolute atomic E-state index is 0.0953. The molecule has 4 rings (SSSR count). The van der Waals surface area contributed by atoms with Gasteiger partial charge in [0.15, 0.2) is 0 Å². The van der Waals surface area contributed by atoms with Gasteiger partial charge in [-0.05, 0) is 36.8 Å². The molecule has 5 heteroatoms. The molecule has 0 aliphatic carbocycles. The van der Waals surface area contributed by atoms with E-state index in [0.29, 0.717) is 11.2 Å². The molecule has 0 spiro atoms. The van der Waals surface area contributed by atoms with E-state index in [-0.39, 0.29) is 5.56 Å². The third-order valence-corrected chi connectivity index (χ3v) is 5.55. The van der Waals surface area contributed by atoms with E-state index in [2.05, 4.69) is 29.0 Å². The predicted molar refractivity (Wildman–Crippen MR) is 104 cm³/mol. The first-order valence-electron chi connectivity index (χ1n) is 7.52. The Balaban J connectivity index is 1.77. The van der Waals surface area contributed by atoms with E-state index in [0.717, 1.165) is 20.8 Å². The van der Waals surface area contributed by atoms with Gasteiger partial charge in [-0.1, -0.05) is 30.3 Å². The maximum atomic E-state index is 12.6. The highest BCUT2D eigenvalue weighted by Gasteiger charge is 2.11. The molecular formula is C19H14N2OS2. The SMILES string of the molecule is Cc1ccc(C=Cc2nc3scc(-c4ccccc4)c3c(=O)[nH]2)s1. The Morgan fingerprint density at radius 1 is 1.08 bits per heavy atom. The van der Waals surface area contributed by atoms with Crippen molar-refractivity contribution in [3.63, 3.8) is 0 Å². The lowest BCUT2D eigenvalue weighted by Gasteiger charge is -1.99. The highest BCUT2D eigenvalue weighted by molar-refractivity contribution is 7.17. The average Bonchev–Trinajstić information content (AvgIpc) is 3.20. The largest absolute Gasteiger partial charge is 0.306 e. The number of aromatic nitrogens is 2. The van der Waals surface area contributed by atoms with Gasteiger partial charge >= 0.3 is 0 Å². The molecule has 0 aliphatic rings. The highest BCUT2D eigenvalue weighted by Crippen LogP contribution is 2.30. The third kappa shape index (κ3) is 2.84. The molecule has 3 heterocycles. The van der Waals surface area contributed by atoms with E-state index in [1.54, 1.807) is 11.3 Å². The Morgan fingerprint density at radius 3 is 2.67 bits per heavy atom. The molecule has 0 saturated heterocycles. The number of nitrogens with zero attached hydrogens (tertiary/aromatic N) is 1. The van der Waals surface area contributed by atoms with Crippen molar-refractivity contribution in [1.29, 1.82) is 0 Å². The van der Waals surface area contributed by atoms with Crippen LogP contribution in [0.15, 0.2) is 52.6 Å². The van der Waals surface area contributed by atoms with Crippen molar-refractivity contribution in [2.75, 3.05) is 0 Å². The molecule has 0 unspecified atom stereocenters. The van der Waals surface area contributed by atoms with E-state index in [1.807, 2.05) is 47.9 Å². The van der Waals surface area contributed by atoms with Crippen LogP contribution in [0.2, 0.25) is 0 Å². The summed E-state index contributed by atoms with van der Waals surface area (Å²) in [5, 5.41) is 2.66. The molecule has 0 aliphatic heterocycles. The summed E-state index contributed by atoms with van der Waals surface area (Å²) in [5.41, 5.74) is 1.88. The van der Waals surface area contributed by atoms with Crippen molar-refractivity contribution in [2.45, 2.75) is 6.92 Å². The fraction of sp³-hybridized carbons (Fsp3) is 0.0526. The summed E-state index contributed by atoms with van der Waals surface area (Å²) in [4.78, 5) is 23.2. The van der Waals surface area contributed by atoms with Gasteiger partial charge in [-0.3, -0.25) is 4.79 Å². The third-order valence-electron chi connectivity index (χ3n) is 3.71. The van der Waals surface area contributed by atoms with Gasteiger partial charge in [0.1, 0.15) is 10.7 Å². The summed E-state index contributed by atoms with van der Waals surface area (Å²) in [6, 6.07) is 14.1. The smallest absolute Gasteiger partial charge is 0.260 e. The summed E-state index contributed by atoms with van der Waals surface area (Å²) in [6.07, 6.45) is 3.83. The van der Waals surface area contributed by atoms with Crippen LogP contribution in [0.3, 0.4) is 0 Å². The predicted octanol–water partition coefficient (Wildman–Crippen LogP) is 5.19. The monoisotopic (exact) mass is 350 g/mol. The molecular weight excluding hydrogens is 336 g/mol. The van der Waals surface area contributed by atoms with Gasteiger partial charge in [-0.2, -0.15) is 0 Å². The molecule has 1 aromatic carbocycles. The Bertz CT molecular complexity index is 1090. The zero-order valence-electron chi connectivity index (χ0n) is 12.9. The van der Waals surface area contributed by atoms with E-state index >= 15 is 0 Å². The lowest BCUT2D eigenvalue weighted by atomic mass is 10.1. The first kappa shape index (κ1) is 15.1. The minimum atomic E-state index is -0.0953. The number of thiophene rings is 2. The number of aryl methyl sites for hydroxylation is 1. The average molecular weight is 350 g/mol. The lowest BCUT2D eigenvalue weighted by Crippen LogP contribution is -2.09. The van der Waals surface area contributed by atoms with Crippen molar-refractivity contribution in [3.8, 4) is 11.1 Å². The molecule has 4 aromatic rings. The van der Waals surface area contributed by atoms with Gasteiger partial charge in [0.05, 0.1) is 5.39 Å². The van der Waals surface area contributed by atoms with Gasteiger partial charge < -0.3 is 4.98 Å². The molecule has 0 atom stereocenters. The Kier molecular flexibility index (Phi) is 3.88. The first-order chi connectivity index (χ1) is 11.7. The number of fused-ring (bicyclic) bond motifs is 1. The van der Waals surface area contributed by atoms with Crippen molar-refractivity contribution in [1.82, 2.24) is 9.97 Å². The summed E-state index contributed by atoms with van der Waals surface area (Å²) >= 11 is 3.21. The first-order valence-corrected chi connectivity index (χ1v) is 9.22. The van der Waals surface area contributed by atoms with Crippen LogP contribution in [0.1, 0.15) is 15.6 Å². The fourth-order valence-electron chi connectivity index (χ4n) is 2.58. The number of rotatable bonds is 3. The van der Waals surface area contributed by atoms with Crippen LogP contribution in [0.25, 0.3) is 33.5 Å². The molecule has 0 fully saturated rings. The second kappa shape index (κ2) is 6.19. The molecule has 24 heavy (non-hydrogen) atoms. The number of nitrogens with one attached hydrogen (secondary N) is 1. The zero-order valence-corrected chi connectivity index (χ0v) is 14.6. The van der Waals surface area contributed by atoms with Gasteiger partial charge in [-0.15, -0.1) is 22.7 Å². The maximum Gasteiger partial charge on any atom is 0.260 e. The molecule has 0 saturated carbocycles. The Labute approximate surface area is 147 Å². The van der Waals surface area contributed by atoms with Crippen LogP contribution in [0, 0.1) is 6.92 Å². The number of benzene rings is 1. The van der Waals surface area contributed by atoms with Gasteiger partial charge in [0.25, 0.3) is 5.56 Å². The normalized spacial score (nSPS) is 11.5. The maximum absolute atomic E-state index is 12.6. The molecule has 0 bridgehead atoms. The van der Waals surface area contributed by atoms with Crippen LogP contribution >= 0.6 is 22.7 Å². The van der Waals surface area contributed by atoms with Gasteiger partial charge in [0, 0.05) is 20.7 Å². The Morgan fingerprint density at radius 2 is 1.92 bits per heavy atom. The van der Waals surface area contributed by atoms with Gasteiger partial charge in [0.2, 0.25) is 0 Å². The standard InChI is InChI=1S/C19H14N2OS2/c1-12-7-8-14(24-12)9-10-16-20-18(22)17-15(11-23-19(17)21-16)13-5-3-2-4-6-13/h2-11H,1H3,(H,20,21,22). The van der Waals surface area contributed by atoms with Crippen LogP contribution < -0.4 is 5.56 Å². The lowest BCUT2D eigenvalue weighted by molar-refractivity contribution is 1.15. The summed E-state index contributed by atoms with van der Waals surface area (Å²) in [7, 11) is 0. The summed E-state index contributed by atoms with van der Waals surface area (Å²) < 4.78 is 0. The van der Waals surface area contributed by atoms with Crippen LogP contribution in [0.4, 0.5) is 0 Å². The van der Waals surface area contributed by atoms with Crippen molar-refractivity contribution in [3.05, 3.63) is 73.8 Å². The highest BCUT2D eigenvalue weighted by atomic mass is 32.1. The quantitative estimate of drug-likeness (QED) is 0.552. The van der Waals surface area contributed by atoms with Crippen molar-refractivity contribution < 1.29 is 0 Å². The van der Waals surface area contributed by atoms with Crippen LogP contribution in [0.5, 0.6) is 0 Å². The minimum Gasteiger partial charge on any atom is -0.306 e. The van der Waals surface area contributed by atoms with Crippen molar-refractivity contribution >= 4 is 45.0 Å².